The van der Waals surface area contributed by atoms with Crippen molar-refractivity contribution in [3.05, 3.63) is 33.9 Å². The highest BCUT2D eigenvalue weighted by molar-refractivity contribution is 6.38. The number of halogens is 2. The number of aromatic nitrogens is 1. The number of aromatic amines is 1. The average molecular weight is 452 g/mol. The standard InChI is InChI=1S/C22H27Cl2N3O3/c1-21(2,3)30-20(29)26-9-6-22(7-10-26)5-4-8-27(22)19(28)18-13-15-16(24)11-14(23)12-17(15)25-18/h11-13,25H,4-10H2,1-3H3. The molecule has 1 aromatic carbocycles. The number of benzene rings is 1. The van der Waals surface area contributed by atoms with Crippen molar-refractivity contribution in [3.63, 3.8) is 0 Å². The van der Waals surface area contributed by atoms with Gasteiger partial charge in [-0.3, -0.25) is 4.79 Å². The van der Waals surface area contributed by atoms with Crippen molar-refractivity contribution in [2.75, 3.05) is 19.6 Å². The summed E-state index contributed by atoms with van der Waals surface area (Å²) in [6.07, 6.45) is 3.14. The zero-order chi connectivity index (χ0) is 21.7. The number of likely N-dealkylation sites (tertiary alicyclic amines) is 2. The molecular weight excluding hydrogens is 425 g/mol. The molecule has 6 nitrogen and oxygen atoms in total. The van der Waals surface area contributed by atoms with Gasteiger partial charge >= 0.3 is 6.09 Å². The smallest absolute Gasteiger partial charge is 0.410 e. The van der Waals surface area contributed by atoms with Gasteiger partial charge in [-0.05, 0) is 64.7 Å². The topological polar surface area (TPSA) is 65.6 Å². The predicted octanol–water partition coefficient (Wildman–Crippen LogP) is 5.48. The molecule has 0 radical (unpaired) electrons. The zero-order valence-electron chi connectivity index (χ0n) is 17.6. The van der Waals surface area contributed by atoms with Crippen LogP contribution in [0.25, 0.3) is 10.9 Å². The van der Waals surface area contributed by atoms with Crippen LogP contribution in [0.1, 0.15) is 56.9 Å². The summed E-state index contributed by atoms with van der Waals surface area (Å²) in [6.45, 7) is 7.50. The Morgan fingerprint density at radius 1 is 1.07 bits per heavy atom. The van der Waals surface area contributed by atoms with Crippen LogP contribution in [0.15, 0.2) is 18.2 Å². The molecular formula is C22H27Cl2N3O3. The number of carbonyl (C=O) groups is 2. The van der Waals surface area contributed by atoms with Gasteiger partial charge < -0.3 is 19.5 Å². The number of amides is 2. The molecule has 8 heteroatoms. The Kier molecular flexibility index (Phi) is 5.43. The van der Waals surface area contributed by atoms with Gasteiger partial charge in [0.1, 0.15) is 11.3 Å². The number of rotatable bonds is 1. The minimum atomic E-state index is -0.513. The van der Waals surface area contributed by atoms with Crippen LogP contribution in [0.2, 0.25) is 10.0 Å². The molecule has 2 aromatic rings. The number of ether oxygens (including phenoxy) is 1. The van der Waals surface area contributed by atoms with Gasteiger partial charge in [0.2, 0.25) is 0 Å². The second kappa shape index (κ2) is 7.65. The quantitative estimate of drug-likeness (QED) is 0.623. The van der Waals surface area contributed by atoms with Gasteiger partial charge in [0, 0.05) is 41.1 Å². The number of carbonyl (C=O) groups excluding carboxylic acids is 2. The lowest BCUT2D eigenvalue weighted by Crippen LogP contribution is -2.55. The van der Waals surface area contributed by atoms with Crippen LogP contribution in [0, 0.1) is 0 Å². The summed E-state index contributed by atoms with van der Waals surface area (Å²) < 4.78 is 5.50. The maximum absolute atomic E-state index is 13.4. The largest absolute Gasteiger partial charge is 0.444 e. The number of fused-ring (bicyclic) bond motifs is 1. The maximum Gasteiger partial charge on any atom is 0.410 e. The normalized spacial score (nSPS) is 19.0. The van der Waals surface area contributed by atoms with E-state index in [-0.39, 0.29) is 17.5 Å². The highest BCUT2D eigenvalue weighted by atomic mass is 35.5. The Morgan fingerprint density at radius 3 is 2.43 bits per heavy atom. The van der Waals surface area contributed by atoms with Gasteiger partial charge in [-0.25, -0.2) is 4.79 Å². The maximum atomic E-state index is 13.4. The van der Waals surface area contributed by atoms with E-state index in [0.29, 0.717) is 28.8 Å². The summed E-state index contributed by atoms with van der Waals surface area (Å²) >= 11 is 12.4. The molecule has 2 aliphatic rings. The molecule has 2 amide bonds. The molecule has 30 heavy (non-hydrogen) atoms. The van der Waals surface area contributed by atoms with Gasteiger partial charge in [0.15, 0.2) is 0 Å². The Hall–Kier alpha value is -1.92. The van der Waals surface area contributed by atoms with Crippen LogP contribution in [0.3, 0.4) is 0 Å². The molecule has 2 saturated heterocycles. The summed E-state index contributed by atoms with van der Waals surface area (Å²) in [5.74, 6) is -0.0263. The number of hydrogen-bond acceptors (Lipinski definition) is 3. The molecule has 4 rings (SSSR count). The van der Waals surface area contributed by atoms with E-state index in [0.717, 1.165) is 43.1 Å². The van der Waals surface area contributed by atoms with Gasteiger partial charge in [-0.2, -0.15) is 0 Å². The van der Waals surface area contributed by atoms with Crippen LogP contribution in [-0.2, 0) is 4.74 Å². The van der Waals surface area contributed by atoms with Crippen molar-refractivity contribution >= 4 is 46.1 Å². The second-order valence-electron chi connectivity index (χ2n) is 9.28. The van der Waals surface area contributed by atoms with Crippen molar-refractivity contribution in [1.29, 1.82) is 0 Å². The number of hydrogen-bond donors (Lipinski definition) is 1. The molecule has 2 aliphatic heterocycles. The van der Waals surface area contributed by atoms with Crippen LogP contribution in [0.4, 0.5) is 4.79 Å². The fraction of sp³-hybridized carbons (Fsp3) is 0.545. The lowest BCUT2D eigenvalue weighted by atomic mass is 9.85. The minimum absolute atomic E-state index is 0.0263. The summed E-state index contributed by atoms with van der Waals surface area (Å²) in [5.41, 5.74) is 0.546. The van der Waals surface area contributed by atoms with E-state index in [9.17, 15) is 9.59 Å². The Morgan fingerprint density at radius 2 is 1.77 bits per heavy atom. The number of H-pyrrole nitrogens is 1. The molecule has 0 bridgehead atoms. The molecule has 0 unspecified atom stereocenters. The van der Waals surface area contributed by atoms with Crippen molar-refractivity contribution < 1.29 is 14.3 Å². The zero-order valence-corrected chi connectivity index (χ0v) is 19.1. The molecule has 2 fully saturated rings. The Bertz CT molecular complexity index is 987. The first-order valence-corrected chi connectivity index (χ1v) is 11.1. The van der Waals surface area contributed by atoms with Gasteiger partial charge in [0.05, 0.1) is 5.02 Å². The second-order valence-corrected chi connectivity index (χ2v) is 10.1. The molecule has 0 saturated carbocycles. The first-order chi connectivity index (χ1) is 14.1. The lowest BCUT2D eigenvalue weighted by molar-refractivity contribution is 0.00454. The van der Waals surface area contributed by atoms with E-state index in [1.165, 1.54) is 0 Å². The van der Waals surface area contributed by atoms with E-state index in [1.54, 1.807) is 23.1 Å². The molecule has 1 N–H and O–H groups in total. The third kappa shape index (κ3) is 4.00. The first kappa shape index (κ1) is 21.3. The average Bonchev–Trinajstić information content (AvgIpc) is 3.25. The number of nitrogens with zero attached hydrogens (tertiary/aromatic N) is 2. The number of nitrogens with one attached hydrogen (secondary N) is 1. The van der Waals surface area contributed by atoms with Gasteiger partial charge in [-0.15, -0.1) is 0 Å². The monoisotopic (exact) mass is 451 g/mol. The molecule has 3 heterocycles. The summed E-state index contributed by atoms with van der Waals surface area (Å²) in [5, 5.41) is 1.84. The van der Waals surface area contributed by atoms with E-state index in [4.69, 9.17) is 27.9 Å². The summed E-state index contributed by atoms with van der Waals surface area (Å²) in [4.78, 5) is 32.7. The van der Waals surface area contributed by atoms with Crippen molar-refractivity contribution in [2.45, 2.75) is 57.6 Å². The Labute approximate surface area is 186 Å². The van der Waals surface area contributed by atoms with Crippen LogP contribution in [-0.4, -0.2) is 57.6 Å². The molecule has 162 valence electrons. The summed E-state index contributed by atoms with van der Waals surface area (Å²) in [6, 6.07) is 5.26. The van der Waals surface area contributed by atoms with Gasteiger partial charge in [0.25, 0.3) is 5.91 Å². The van der Waals surface area contributed by atoms with Crippen LogP contribution >= 0.6 is 23.2 Å². The van der Waals surface area contributed by atoms with Crippen molar-refractivity contribution in [1.82, 2.24) is 14.8 Å². The van der Waals surface area contributed by atoms with E-state index >= 15 is 0 Å². The first-order valence-electron chi connectivity index (χ1n) is 10.4. The van der Waals surface area contributed by atoms with Crippen LogP contribution < -0.4 is 0 Å². The summed E-state index contributed by atoms with van der Waals surface area (Å²) in [7, 11) is 0. The minimum Gasteiger partial charge on any atom is -0.444 e. The highest BCUT2D eigenvalue weighted by Gasteiger charge is 2.46. The van der Waals surface area contributed by atoms with E-state index in [1.807, 2.05) is 25.7 Å². The lowest BCUT2D eigenvalue weighted by Gasteiger charge is -2.44. The Balaban J connectivity index is 1.51. The fourth-order valence-electron chi connectivity index (χ4n) is 4.63. The van der Waals surface area contributed by atoms with Crippen molar-refractivity contribution in [2.24, 2.45) is 0 Å². The molecule has 1 spiro atoms. The predicted molar refractivity (Wildman–Crippen MR) is 118 cm³/mol. The van der Waals surface area contributed by atoms with E-state index in [2.05, 4.69) is 4.98 Å². The number of piperidine rings is 1. The van der Waals surface area contributed by atoms with E-state index < -0.39 is 5.60 Å². The highest BCUT2D eigenvalue weighted by Crippen LogP contribution is 2.40. The third-order valence-electron chi connectivity index (χ3n) is 6.07. The van der Waals surface area contributed by atoms with Crippen LogP contribution in [0.5, 0.6) is 0 Å². The molecule has 0 aliphatic carbocycles. The molecule has 1 aromatic heterocycles. The third-order valence-corrected chi connectivity index (χ3v) is 6.60. The molecule has 0 atom stereocenters. The van der Waals surface area contributed by atoms with Crippen molar-refractivity contribution in [3.8, 4) is 0 Å². The fourth-order valence-corrected chi connectivity index (χ4v) is 5.18. The van der Waals surface area contributed by atoms with Gasteiger partial charge in [-0.1, -0.05) is 23.2 Å². The SMILES string of the molecule is CC(C)(C)OC(=O)N1CCC2(CCCN2C(=O)c2cc3c(Cl)cc(Cl)cc3[nH]2)CC1.